The highest BCUT2D eigenvalue weighted by Gasteiger charge is 2.42. The summed E-state index contributed by atoms with van der Waals surface area (Å²) in [4.78, 5) is 51.6. The van der Waals surface area contributed by atoms with Crippen LogP contribution in [-0.4, -0.2) is 42.5 Å². The van der Waals surface area contributed by atoms with Gasteiger partial charge in [0.25, 0.3) is 0 Å². The molecular weight excluding hydrogens is 454 g/mol. The number of hydrogen-bond acceptors (Lipinski definition) is 7. The van der Waals surface area contributed by atoms with Gasteiger partial charge < -0.3 is 20.5 Å². The largest absolute Gasteiger partial charge is 0.444 e. The predicted molar refractivity (Wildman–Crippen MR) is 126 cm³/mol. The molecule has 1 aliphatic heterocycles. The SMILES string of the molecule is NC(=O)[C@H]1NC(=O)[C@@H]1CCCN=C(NC(=O)OCc1ccccc1)NC(=O)OCc1ccccc1. The van der Waals surface area contributed by atoms with Crippen molar-refractivity contribution >= 4 is 30.0 Å². The lowest BCUT2D eigenvalue weighted by molar-refractivity contribution is -0.142. The van der Waals surface area contributed by atoms with E-state index in [1.807, 2.05) is 36.4 Å². The molecule has 1 fully saturated rings. The maximum absolute atomic E-state index is 12.2. The molecule has 0 bridgehead atoms. The minimum atomic E-state index is -0.817. The second kappa shape index (κ2) is 12.7. The molecule has 2 aromatic rings. The maximum Gasteiger partial charge on any atom is 0.414 e. The molecule has 1 saturated heterocycles. The summed E-state index contributed by atoms with van der Waals surface area (Å²) in [7, 11) is 0. The van der Waals surface area contributed by atoms with Crippen molar-refractivity contribution in [2.75, 3.05) is 6.54 Å². The fraction of sp³-hybridized carbons (Fsp3) is 0.292. The minimum absolute atomic E-state index is 0.0315. The van der Waals surface area contributed by atoms with Gasteiger partial charge in [0.1, 0.15) is 19.3 Å². The lowest BCUT2D eigenvalue weighted by Gasteiger charge is -2.34. The molecule has 4 amide bonds. The Bertz CT molecular complexity index is 1000. The Kier molecular flexibility index (Phi) is 9.17. The van der Waals surface area contributed by atoms with Crippen molar-refractivity contribution in [3.8, 4) is 0 Å². The first-order chi connectivity index (χ1) is 16.9. The van der Waals surface area contributed by atoms with Gasteiger partial charge in [-0.15, -0.1) is 0 Å². The number of aliphatic imine (C=N–C) groups is 1. The third kappa shape index (κ3) is 8.14. The fourth-order valence-electron chi connectivity index (χ4n) is 3.31. The second-order valence-corrected chi connectivity index (χ2v) is 7.74. The van der Waals surface area contributed by atoms with Crippen LogP contribution < -0.4 is 21.7 Å². The van der Waals surface area contributed by atoms with Gasteiger partial charge in [0.05, 0.1) is 5.92 Å². The van der Waals surface area contributed by atoms with Gasteiger partial charge in [-0.05, 0) is 24.0 Å². The normalized spacial score (nSPS) is 16.2. The Labute approximate surface area is 202 Å². The summed E-state index contributed by atoms with van der Waals surface area (Å²) in [6.07, 6.45) is -0.855. The Hall–Kier alpha value is -4.41. The number of nitrogens with zero attached hydrogens (tertiary/aromatic N) is 1. The van der Waals surface area contributed by atoms with Crippen LogP contribution in [-0.2, 0) is 32.3 Å². The van der Waals surface area contributed by atoms with Crippen LogP contribution >= 0.6 is 0 Å². The van der Waals surface area contributed by atoms with Crippen molar-refractivity contribution in [1.82, 2.24) is 16.0 Å². The molecule has 2 aromatic carbocycles. The number of β-lactam (4-membered cyclic amide) rings is 1. The number of primary amides is 1. The lowest BCUT2D eigenvalue weighted by atomic mass is 9.86. The van der Waals surface area contributed by atoms with E-state index in [4.69, 9.17) is 15.2 Å². The van der Waals surface area contributed by atoms with Crippen molar-refractivity contribution in [2.24, 2.45) is 16.6 Å². The lowest BCUT2D eigenvalue weighted by Crippen LogP contribution is -2.63. The number of guanidine groups is 1. The zero-order valence-corrected chi connectivity index (χ0v) is 18.9. The number of amides is 4. The van der Waals surface area contributed by atoms with E-state index in [0.29, 0.717) is 12.8 Å². The van der Waals surface area contributed by atoms with Crippen LogP contribution in [0.5, 0.6) is 0 Å². The molecule has 0 aliphatic carbocycles. The van der Waals surface area contributed by atoms with Crippen LogP contribution in [0, 0.1) is 5.92 Å². The summed E-state index contributed by atoms with van der Waals surface area (Å²) in [6.45, 7) is 0.218. The molecule has 35 heavy (non-hydrogen) atoms. The van der Waals surface area contributed by atoms with Gasteiger partial charge >= 0.3 is 12.2 Å². The number of benzene rings is 2. The zero-order valence-electron chi connectivity index (χ0n) is 18.9. The minimum Gasteiger partial charge on any atom is -0.444 e. The average molecular weight is 482 g/mol. The number of alkyl carbamates (subject to hydrolysis) is 2. The zero-order chi connectivity index (χ0) is 25.0. The van der Waals surface area contributed by atoms with Gasteiger partial charge in [-0.25, -0.2) is 9.59 Å². The van der Waals surface area contributed by atoms with E-state index in [1.165, 1.54) is 0 Å². The van der Waals surface area contributed by atoms with Crippen LogP contribution in [0.25, 0.3) is 0 Å². The highest BCUT2D eigenvalue weighted by atomic mass is 16.6. The quantitative estimate of drug-likeness (QED) is 0.184. The second-order valence-electron chi connectivity index (χ2n) is 7.74. The molecule has 3 rings (SSSR count). The van der Waals surface area contributed by atoms with E-state index in [0.717, 1.165) is 11.1 Å². The highest BCUT2D eigenvalue weighted by molar-refractivity contribution is 6.01. The van der Waals surface area contributed by atoms with Crippen molar-refractivity contribution in [3.63, 3.8) is 0 Å². The van der Waals surface area contributed by atoms with E-state index in [1.54, 1.807) is 24.3 Å². The molecule has 184 valence electrons. The predicted octanol–water partition coefficient (Wildman–Crippen LogP) is 1.58. The molecule has 1 aliphatic rings. The Morgan fingerprint density at radius 3 is 1.86 bits per heavy atom. The van der Waals surface area contributed by atoms with Crippen molar-refractivity contribution in [3.05, 3.63) is 71.8 Å². The first kappa shape index (κ1) is 25.2. The van der Waals surface area contributed by atoms with Crippen LogP contribution in [0.1, 0.15) is 24.0 Å². The van der Waals surface area contributed by atoms with Gasteiger partial charge in [-0.3, -0.25) is 25.2 Å². The summed E-state index contributed by atoms with van der Waals surface area (Å²) in [6, 6.07) is 17.5. The number of carbonyl (C=O) groups excluding carboxylic acids is 4. The molecule has 5 N–H and O–H groups in total. The summed E-state index contributed by atoms with van der Waals surface area (Å²) in [5.74, 6) is -1.52. The Morgan fingerprint density at radius 1 is 0.886 bits per heavy atom. The molecule has 11 heteroatoms. The van der Waals surface area contributed by atoms with Crippen molar-refractivity contribution in [2.45, 2.75) is 32.1 Å². The van der Waals surface area contributed by atoms with Crippen LogP contribution in [0.2, 0.25) is 0 Å². The Balaban J connectivity index is 1.53. The van der Waals surface area contributed by atoms with Crippen LogP contribution in [0.4, 0.5) is 9.59 Å². The van der Waals surface area contributed by atoms with E-state index in [-0.39, 0.29) is 31.6 Å². The topological polar surface area (TPSA) is 161 Å². The highest BCUT2D eigenvalue weighted by Crippen LogP contribution is 2.20. The first-order valence-corrected chi connectivity index (χ1v) is 11.0. The number of carbonyl (C=O) groups is 4. The summed E-state index contributed by atoms with van der Waals surface area (Å²) < 4.78 is 10.3. The van der Waals surface area contributed by atoms with Crippen molar-refractivity contribution in [1.29, 1.82) is 0 Å². The molecule has 0 aromatic heterocycles. The third-order valence-electron chi connectivity index (χ3n) is 5.15. The molecule has 0 saturated carbocycles. The summed E-state index contributed by atoms with van der Waals surface area (Å²) >= 11 is 0. The number of ether oxygens (including phenoxy) is 2. The first-order valence-electron chi connectivity index (χ1n) is 11.0. The van der Waals surface area contributed by atoms with E-state index < -0.39 is 30.1 Å². The van der Waals surface area contributed by atoms with Crippen LogP contribution in [0.15, 0.2) is 65.7 Å². The summed E-state index contributed by atoms with van der Waals surface area (Å²) in [5, 5.41) is 7.24. The molecule has 0 unspecified atom stereocenters. The standard InChI is InChI=1S/C24H27N5O6/c25-20(30)19-18(21(31)27-19)12-7-13-26-22(28-23(32)34-14-16-8-3-1-4-9-16)29-24(33)35-15-17-10-5-2-6-11-17/h1-6,8-11,18-19H,7,12-15H2,(H2,25,30)(H,27,31)(H2,26,28,29,32,33)/t18-,19+/m1/s1. The molecule has 1 heterocycles. The third-order valence-corrected chi connectivity index (χ3v) is 5.15. The molecule has 0 spiro atoms. The van der Waals surface area contributed by atoms with Crippen molar-refractivity contribution < 1.29 is 28.7 Å². The van der Waals surface area contributed by atoms with Gasteiger partial charge in [0.2, 0.25) is 17.8 Å². The maximum atomic E-state index is 12.2. The number of nitrogens with two attached hydrogens (primary N) is 1. The number of rotatable bonds is 9. The van der Waals surface area contributed by atoms with Gasteiger partial charge in [-0.2, -0.15) is 0 Å². The molecule has 11 nitrogen and oxygen atoms in total. The smallest absolute Gasteiger partial charge is 0.414 e. The monoisotopic (exact) mass is 481 g/mol. The number of hydrogen-bond donors (Lipinski definition) is 4. The van der Waals surface area contributed by atoms with E-state index in [9.17, 15) is 19.2 Å². The van der Waals surface area contributed by atoms with Gasteiger partial charge in [0.15, 0.2) is 0 Å². The average Bonchev–Trinajstić information content (AvgIpc) is 2.85. The van der Waals surface area contributed by atoms with Crippen LogP contribution in [0.3, 0.4) is 0 Å². The molecular formula is C24H27N5O6. The van der Waals surface area contributed by atoms with E-state index in [2.05, 4.69) is 20.9 Å². The molecule has 0 radical (unpaired) electrons. The molecule has 2 atom stereocenters. The summed E-state index contributed by atoms with van der Waals surface area (Å²) in [5.41, 5.74) is 6.83. The van der Waals surface area contributed by atoms with Gasteiger partial charge in [0, 0.05) is 6.54 Å². The number of nitrogens with one attached hydrogen (secondary N) is 3. The Morgan fingerprint density at radius 2 is 1.40 bits per heavy atom. The van der Waals surface area contributed by atoms with Gasteiger partial charge in [-0.1, -0.05) is 60.7 Å². The van der Waals surface area contributed by atoms with E-state index >= 15 is 0 Å². The fourth-order valence-corrected chi connectivity index (χ4v) is 3.31.